The fraction of sp³-hybridized carbons (Fsp3) is 0.0833. The molecule has 88 valence electrons. The second-order valence-corrected chi connectivity index (χ2v) is 4.06. The van der Waals surface area contributed by atoms with Crippen LogP contribution in [0.4, 0.5) is 4.39 Å². The average Bonchev–Trinajstić information content (AvgIpc) is 2.30. The highest BCUT2D eigenvalue weighted by Crippen LogP contribution is 2.28. The topological polar surface area (TPSA) is 22.1 Å². The van der Waals surface area contributed by atoms with Gasteiger partial charge in [0, 0.05) is 11.8 Å². The molecule has 0 bridgehead atoms. The normalized spacial score (nSPS) is 10.3. The first-order valence-electron chi connectivity index (χ1n) is 4.84. The number of para-hydroxylation sites is 1. The van der Waals surface area contributed by atoms with Crippen molar-refractivity contribution in [3.63, 3.8) is 0 Å². The van der Waals surface area contributed by atoms with Gasteiger partial charge in [-0.2, -0.15) is 0 Å². The van der Waals surface area contributed by atoms with Gasteiger partial charge < -0.3 is 4.74 Å². The third-order valence-electron chi connectivity index (χ3n) is 2.13. The van der Waals surface area contributed by atoms with Crippen LogP contribution in [0.5, 0.6) is 5.75 Å². The molecule has 0 saturated heterocycles. The van der Waals surface area contributed by atoms with Crippen LogP contribution in [0.15, 0.2) is 36.5 Å². The zero-order chi connectivity index (χ0) is 12.3. The SMILES string of the molecule is Fc1cccc(Cl)c1OCc1cccnc1Cl. The number of hydrogen-bond acceptors (Lipinski definition) is 2. The van der Waals surface area contributed by atoms with Crippen LogP contribution in [-0.2, 0) is 6.61 Å². The summed E-state index contributed by atoms with van der Waals surface area (Å²) in [5, 5.41) is 0.560. The van der Waals surface area contributed by atoms with Crippen LogP contribution in [0.25, 0.3) is 0 Å². The molecule has 1 aromatic heterocycles. The standard InChI is InChI=1S/C12H8Cl2FNO/c13-9-4-1-5-10(15)11(9)17-7-8-3-2-6-16-12(8)14/h1-6H,7H2. The van der Waals surface area contributed by atoms with Gasteiger partial charge in [-0.15, -0.1) is 0 Å². The highest BCUT2D eigenvalue weighted by Gasteiger charge is 2.09. The van der Waals surface area contributed by atoms with Gasteiger partial charge >= 0.3 is 0 Å². The lowest BCUT2D eigenvalue weighted by Gasteiger charge is -2.09. The van der Waals surface area contributed by atoms with Gasteiger partial charge in [-0.1, -0.05) is 35.3 Å². The Bertz CT molecular complexity index is 513. The maximum atomic E-state index is 13.4. The Morgan fingerprint density at radius 1 is 1.18 bits per heavy atom. The summed E-state index contributed by atoms with van der Waals surface area (Å²) in [6.07, 6.45) is 1.57. The van der Waals surface area contributed by atoms with Crippen LogP contribution < -0.4 is 4.74 Å². The lowest BCUT2D eigenvalue weighted by Crippen LogP contribution is -1.99. The lowest BCUT2D eigenvalue weighted by molar-refractivity contribution is 0.290. The van der Waals surface area contributed by atoms with E-state index in [4.69, 9.17) is 27.9 Å². The predicted molar refractivity (Wildman–Crippen MR) is 65.0 cm³/mol. The van der Waals surface area contributed by atoms with Gasteiger partial charge in [0.2, 0.25) is 0 Å². The Morgan fingerprint density at radius 3 is 2.71 bits per heavy atom. The molecule has 0 aliphatic rings. The fourth-order valence-electron chi connectivity index (χ4n) is 1.30. The first-order chi connectivity index (χ1) is 8.18. The molecule has 0 fully saturated rings. The highest BCUT2D eigenvalue weighted by atomic mass is 35.5. The average molecular weight is 272 g/mol. The first kappa shape index (κ1) is 12.1. The predicted octanol–water partition coefficient (Wildman–Crippen LogP) is 4.11. The van der Waals surface area contributed by atoms with Crippen molar-refractivity contribution in [2.45, 2.75) is 6.61 Å². The van der Waals surface area contributed by atoms with Crippen LogP contribution in [-0.4, -0.2) is 4.98 Å². The van der Waals surface area contributed by atoms with Crippen molar-refractivity contribution >= 4 is 23.2 Å². The first-order valence-corrected chi connectivity index (χ1v) is 5.60. The Morgan fingerprint density at radius 2 is 2.00 bits per heavy atom. The number of ether oxygens (including phenoxy) is 1. The van der Waals surface area contributed by atoms with E-state index < -0.39 is 5.82 Å². The number of pyridine rings is 1. The van der Waals surface area contributed by atoms with Gasteiger partial charge in [-0.3, -0.25) is 0 Å². The van der Waals surface area contributed by atoms with E-state index >= 15 is 0 Å². The van der Waals surface area contributed by atoms with E-state index in [1.54, 1.807) is 24.4 Å². The summed E-state index contributed by atoms with van der Waals surface area (Å²) in [6, 6.07) is 7.84. The molecule has 2 rings (SSSR count). The van der Waals surface area contributed by atoms with Crippen molar-refractivity contribution in [2.24, 2.45) is 0 Å². The Kier molecular flexibility index (Phi) is 3.82. The maximum Gasteiger partial charge on any atom is 0.174 e. The number of hydrogen-bond donors (Lipinski definition) is 0. The van der Waals surface area contributed by atoms with Gasteiger partial charge in [0.05, 0.1) is 5.02 Å². The molecule has 0 atom stereocenters. The van der Waals surface area contributed by atoms with Crippen LogP contribution in [0.2, 0.25) is 10.2 Å². The minimum Gasteiger partial charge on any atom is -0.484 e. The summed E-state index contributed by atoms with van der Waals surface area (Å²) < 4.78 is 18.7. The second kappa shape index (κ2) is 5.34. The summed E-state index contributed by atoms with van der Waals surface area (Å²) in [6.45, 7) is 0.118. The molecular formula is C12H8Cl2FNO. The smallest absolute Gasteiger partial charge is 0.174 e. The molecule has 17 heavy (non-hydrogen) atoms. The number of rotatable bonds is 3. The molecule has 2 aromatic rings. The zero-order valence-corrected chi connectivity index (χ0v) is 10.2. The largest absolute Gasteiger partial charge is 0.484 e. The third kappa shape index (κ3) is 2.87. The molecule has 5 heteroatoms. The molecule has 1 aromatic carbocycles. The van der Waals surface area contributed by atoms with Crippen molar-refractivity contribution in [2.75, 3.05) is 0 Å². The zero-order valence-electron chi connectivity index (χ0n) is 8.66. The molecule has 0 radical (unpaired) electrons. The minimum absolute atomic E-state index is 0.0223. The van der Waals surface area contributed by atoms with Crippen molar-refractivity contribution in [1.82, 2.24) is 4.98 Å². The van der Waals surface area contributed by atoms with Crippen molar-refractivity contribution in [1.29, 1.82) is 0 Å². The highest BCUT2D eigenvalue weighted by molar-refractivity contribution is 6.32. The Balaban J connectivity index is 2.16. The van der Waals surface area contributed by atoms with Gasteiger partial charge in [-0.25, -0.2) is 9.37 Å². The molecule has 0 spiro atoms. The van der Waals surface area contributed by atoms with E-state index in [0.29, 0.717) is 10.7 Å². The summed E-state index contributed by atoms with van der Waals surface area (Å²) in [5.74, 6) is -0.480. The number of nitrogens with zero attached hydrogens (tertiary/aromatic N) is 1. The molecule has 0 aliphatic carbocycles. The van der Waals surface area contributed by atoms with Gasteiger partial charge in [0.15, 0.2) is 11.6 Å². The molecule has 0 N–H and O–H groups in total. The Hall–Kier alpha value is -1.32. The maximum absolute atomic E-state index is 13.4. The molecule has 0 unspecified atom stereocenters. The summed E-state index contributed by atoms with van der Waals surface area (Å²) in [4.78, 5) is 3.89. The van der Waals surface area contributed by atoms with Crippen LogP contribution >= 0.6 is 23.2 Å². The molecule has 0 amide bonds. The minimum atomic E-state index is -0.502. The Labute approximate surface area is 108 Å². The van der Waals surface area contributed by atoms with Crippen molar-refractivity contribution < 1.29 is 9.13 Å². The molecule has 0 saturated carbocycles. The third-order valence-corrected chi connectivity index (χ3v) is 2.77. The van der Waals surface area contributed by atoms with Crippen LogP contribution in [0.1, 0.15) is 5.56 Å². The number of aromatic nitrogens is 1. The van der Waals surface area contributed by atoms with Crippen LogP contribution in [0, 0.1) is 5.82 Å². The van der Waals surface area contributed by atoms with E-state index in [1.165, 1.54) is 12.1 Å². The van der Waals surface area contributed by atoms with E-state index in [9.17, 15) is 4.39 Å². The summed E-state index contributed by atoms with van der Waals surface area (Å²) in [5.41, 5.74) is 0.675. The van der Waals surface area contributed by atoms with Crippen molar-refractivity contribution in [3.05, 3.63) is 58.1 Å². The lowest BCUT2D eigenvalue weighted by atomic mass is 10.3. The second-order valence-electron chi connectivity index (χ2n) is 3.29. The van der Waals surface area contributed by atoms with Gasteiger partial charge in [0.1, 0.15) is 11.8 Å². The van der Waals surface area contributed by atoms with Gasteiger partial charge in [-0.05, 0) is 18.2 Å². The van der Waals surface area contributed by atoms with Crippen molar-refractivity contribution in [3.8, 4) is 5.75 Å². The quantitative estimate of drug-likeness (QED) is 0.784. The van der Waals surface area contributed by atoms with E-state index in [1.807, 2.05) is 0 Å². The molecule has 0 aliphatic heterocycles. The van der Waals surface area contributed by atoms with E-state index in [2.05, 4.69) is 4.98 Å². The summed E-state index contributed by atoms with van der Waals surface area (Å²) >= 11 is 11.7. The number of benzene rings is 1. The number of halogens is 3. The van der Waals surface area contributed by atoms with Crippen LogP contribution in [0.3, 0.4) is 0 Å². The summed E-state index contributed by atoms with van der Waals surface area (Å²) in [7, 11) is 0. The van der Waals surface area contributed by atoms with Gasteiger partial charge in [0.25, 0.3) is 0 Å². The monoisotopic (exact) mass is 271 g/mol. The molecule has 2 nitrogen and oxygen atoms in total. The van der Waals surface area contributed by atoms with E-state index in [-0.39, 0.29) is 17.4 Å². The van der Waals surface area contributed by atoms with E-state index in [0.717, 1.165) is 0 Å². The fourth-order valence-corrected chi connectivity index (χ4v) is 1.69. The molecular weight excluding hydrogens is 264 g/mol. The molecule has 1 heterocycles.